The maximum atomic E-state index is 6.53. The highest BCUT2D eigenvalue weighted by atomic mass is 16.3. The molecule has 0 saturated heterocycles. The lowest BCUT2D eigenvalue weighted by molar-refractivity contribution is 0.590. The average molecular weight is 977 g/mol. The SMILES string of the molecule is CC(C)(C)c1ccc(-c2cc(-c3ccccc3)c3c(c2)-c2ccc(N(c4ccc(-c5ccc6c(c5)c5ccccc5n6-c5ccccc5)cc4)c4ccc(-c5cccc6c5oc5ccccc56)cc4)cc2C3(C)C)cc1. The van der Waals surface area contributed by atoms with Gasteiger partial charge in [-0.3, -0.25) is 0 Å². The highest BCUT2D eigenvalue weighted by Gasteiger charge is 2.39. The Labute approximate surface area is 444 Å². The second kappa shape index (κ2) is 17.5. The van der Waals surface area contributed by atoms with Crippen LogP contribution in [0.2, 0.25) is 0 Å². The summed E-state index contributed by atoms with van der Waals surface area (Å²) >= 11 is 0. The summed E-state index contributed by atoms with van der Waals surface area (Å²) in [5, 5.41) is 4.74. The van der Waals surface area contributed by atoms with Crippen molar-refractivity contribution in [1.29, 1.82) is 0 Å². The van der Waals surface area contributed by atoms with Crippen molar-refractivity contribution in [2.24, 2.45) is 0 Å². The van der Waals surface area contributed by atoms with Gasteiger partial charge in [0.15, 0.2) is 0 Å². The van der Waals surface area contributed by atoms with E-state index < -0.39 is 0 Å². The second-order valence-corrected chi connectivity index (χ2v) is 22.1. The molecule has 2 aromatic heterocycles. The van der Waals surface area contributed by atoms with Crippen molar-refractivity contribution < 1.29 is 4.42 Å². The molecule has 0 saturated carbocycles. The third-order valence-electron chi connectivity index (χ3n) is 16.1. The van der Waals surface area contributed by atoms with E-state index in [1.54, 1.807) is 0 Å². The Bertz CT molecular complexity index is 4360. The molecule has 3 heteroatoms. The number of furan rings is 1. The number of rotatable bonds is 8. The molecule has 0 aliphatic heterocycles. The van der Waals surface area contributed by atoms with Crippen molar-refractivity contribution in [3.05, 3.63) is 265 Å². The topological polar surface area (TPSA) is 21.3 Å². The van der Waals surface area contributed by atoms with Gasteiger partial charge in [-0.1, -0.05) is 198 Å². The maximum Gasteiger partial charge on any atom is 0.143 e. The molecular weight excluding hydrogens is 921 g/mol. The number of hydrogen-bond donors (Lipinski definition) is 0. The van der Waals surface area contributed by atoms with E-state index in [2.05, 4.69) is 287 Å². The third kappa shape index (κ3) is 7.41. The van der Waals surface area contributed by atoms with Crippen LogP contribution >= 0.6 is 0 Å². The van der Waals surface area contributed by atoms with Gasteiger partial charge in [0, 0.05) is 55.3 Å². The molecule has 0 atom stereocenters. The van der Waals surface area contributed by atoms with Crippen LogP contribution in [0.15, 0.2) is 253 Å². The van der Waals surface area contributed by atoms with E-state index in [4.69, 9.17) is 4.42 Å². The molecule has 1 aliphatic rings. The van der Waals surface area contributed by atoms with Gasteiger partial charge in [0.2, 0.25) is 0 Å². The van der Waals surface area contributed by atoms with Gasteiger partial charge >= 0.3 is 0 Å². The van der Waals surface area contributed by atoms with Crippen molar-refractivity contribution in [2.75, 3.05) is 4.90 Å². The first kappa shape index (κ1) is 45.4. The van der Waals surface area contributed by atoms with Crippen LogP contribution in [-0.2, 0) is 10.8 Å². The molecule has 0 N–H and O–H groups in total. The lowest BCUT2D eigenvalue weighted by Gasteiger charge is -2.29. The number of hydrogen-bond acceptors (Lipinski definition) is 2. The Morgan fingerprint density at radius 2 is 0.947 bits per heavy atom. The average Bonchev–Trinajstić information content (AvgIpc) is 4.23. The number of anilines is 3. The normalized spacial score (nSPS) is 12.9. The fourth-order valence-electron chi connectivity index (χ4n) is 12.3. The number of para-hydroxylation sites is 4. The number of fused-ring (bicyclic) bond motifs is 9. The molecule has 0 fully saturated rings. The standard InChI is InChI=1S/C73H56N2O/c1-72(2,3)53-34-27-48(28-35-53)52-44-63(49-17-8-6-9-18-49)70-65(45-52)59-41-40-57(46-66(59)73(70,4)5)74(56-38-31-50(32-39-56)58-23-16-24-62-61-22-13-15-26-69(61)76-71(58)62)55-36-29-47(30-37-55)51-33-42-68-64(43-51)60-21-12-14-25-67(60)75(68)54-19-10-7-11-20-54/h6-46H,1-5H3. The van der Waals surface area contributed by atoms with E-state index in [-0.39, 0.29) is 10.8 Å². The molecule has 0 unspecified atom stereocenters. The lowest BCUT2D eigenvalue weighted by atomic mass is 9.78. The molecule has 3 nitrogen and oxygen atoms in total. The van der Waals surface area contributed by atoms with E-state index in [9.17, 15) is 0 Å². The second-order valence-electron chi connectivity index (χ2n) is 22.1. The highest BCUT2D eigenvalue weighted by molar-refractivity contribution is 6.11. The van der Waals surface area contributed by atoms with Crippen LogP contribution < -0.4 is 4.90 Å². The van der Waals surface area contributed by atoms with Crippen LogP contribution in [0.4, 0.5) is 17.1 Å². The zero-order valence-electron chi connectivity index (χ0n) is 43.5. The summed E-state index contributed by atoms with van der Waals surface area (Å²) in [5.74, 6) is 0. The Balaban J connectivity index is 0.895. The van der Waals surface area contributed by atoms with E-state index in [0.29, 0.717) is 0 Å². The quantitative estimate of drug-likeness (QED) is 0.151. The zero-order chi connectivity index (χ0) is 51.3. The molecule has 0 radical (unpaired) electrons. The summed E-state index contributed by atoms with van der Waals surface area (Å²) in [5.41, 5.74) is 24.5. The molecule has 14 rings (SSSR count). The van der Waals surface area contributed by atoms with Crippen molar-refractivity contribution in [3.63, 3.8) is 0 Å². The number of benzene rings is 11. The highest BCUT2D eigenvalue weighted by Crippen LogP contribution is 2.55. The monoisotopic (exact) mass is 976 g/mol. The molecule has 0 amide bonds. The van der Waals surface area contributed by atoms with Crippen molar-refractivity contribution in [1.82, 2.24) is 4.57 Å². The van der Waals surface area contributed by atoms with Gasteiger partial charge in [0.05, 0.1) is 11.0 Å². The molecule has 0 spiro atoms. The van der Waals surface area contributed by atoms with Crippen LogP contribution in [0.3, 0.4) is 0 Å². The Morgan fingerprint density at radius 1 is 0.382 bits per heavy atom. The van der Waals surface area contributed by atoms with Gasteiger partial charge in [0.1, 0.15) is 11.2 Å². The summed E-state index contributed by atoms with van der Waals surface area (Å²) in [6.45, 7) is 11.7. The van der Waals surface area contributed by atoms with Crippen LogP contribution in [0.1, 0.15) is 51.3 Å². The maximum absolute atomic E-state index is 6.53. The molecule has 11 aromatic carbocycles. The smallest absolute Gasteiger partial charge is 0.143 e. The van der Waals surface area contributed by atoms with Crippen LogP contribution in [0, 0.1) is 0 Å². The summed E-state index contributed by atoms with van der Waals surface area (Å²) < 4.78 is 8.91. The van der Waals surface area contributed by atoms with Gasteiger partial charge in [-0.05, 0) is 157 Å². The Kier molecular flexibility index (Phi) is 10.4. The fourth-order valence-corrected chi connectivity index (χ4v) is 12.3. The minimum Gasteiger partial charge on any atom is -0.455 e. The first-order valence-electron chi connectivity index (χ1n) is 26.6. The van der Waals surface area contributed by atoms with Gasteiger partial charge in [0.25, 0.3) is 0 Å². The third-order valence-corrected chi connectivity index (χ3v) is 16.1. The van der Waals surface area contributed by atoms with Crippen LogP contribution in [0.25, 0.3) is 105 Å². The summed E-state index contributed by atoms with van der Waals surface area (Å²) in [6.07, 6.45) is 0. The first-order chi connectivity index (χ1) is 37.1. The van der Waals surface area contributed by atoms with Crippen molar-refractivity contribution in [2.45, 2.75) is 45.4 Å². The lowest BCUT2D eigenvalue weighted by Crippen LogP contribution is -2.17. The minimum atomic E-state index is -0.298. The largest absolute Gasteiger partial charge is 0.455 e. The van der Waals surface area contributed by atoms with Crippen LogP contribution in [0.5, 0.6) is 0 Å². The van der Waals surface area contributed by atoms with Crippen molar-refractivity contribution >= 4 is 60.8 Å². The Hall–Kier alpha value is -9.18. The molecular formula is C73H56N2O. The molecule has 2 heterocycles. The summed E-state index contributed by atoms with van der Waals surface area (Å²) in [7, 11) is 0. The molecule has 1 aliphatic carbocycles. The summed E-state index contributed by atoms with van der Waals surface area (Å²) in [6, 6.07) is 91.4. The van der Waals surface area contributed by atoms with Gasteiger partial charge in [-0.2, -0.15) is 0 Å². The van der Waals surface area contributed by atoms with Crippen LogP contribution in [-0.4, -0.2) is 4.57 Å². The van der Waals surface area contributed by atoms with Gasteiger partial charge in [-0.25, -0.2) is 0 Å². The summed E-state index contributed by atoms with van der Waals surface area (Å²) in [4.78, 5) is 2.42. The predicted octanol–water partition coefficient (Wildman–Crippen LogP) is 20.4. The molecule has 76 heavy (non-hydrogen) atoms. The number of nitrogens with zero attached hydrogens (tertiary/aromatic N) is 2. The van der Waals surface area contributed by atoms with Gasteiger partial charge < -0.3 is 13.9 Å². The molecule has 364 valence electrons. The Morgan fingerprint density at radius 3 is 1.68 bits per heavy atom. The van der Waals surface area contributed by atoms with E-state index in [0.717, 1.165) is 55.8 Å². The molecule has 13 aromatic rings. The van der Waals surface area contributed by atoms with E-state index >= 15 is 0 Å². The molecule has 0 bridgehead atoms. The zero-order valence-corrected chi connectivity index (χ0v) is 43.5. The first-order valence-corrected chi connectivity index (χ1v) is 26.6. The van der Waals surface area contributed by atoms with Gasteiger partial charge in [-0.15, -0.1) is 0 Å². The predicted molar refractivity (Wildman–Crippen MR) is 321 cm³/mol. The fraction of sp³-hybridized carbons (Fsp3) is 0.0959. The van der Waals surface area contributed by atoms with Crippen molar-refractivity contribution in [3.8, 4) is 61.3 Å². The number of aromatic nitrogens is 1. The van der Waals surface area contributed by atoms with E-state index in [1.807, 2.05) is 6.07 Å². The van der Waals surface area contributed by atoms with E-state index in [1.165, 1.54) is 83.0 Å². The minimum absolute atomic E-state index is 0.0792.